The van der Waals surface area contributed by atoms with Gasteiger partial charge in [-0.15, -0.1) is 0 Å². The topological polar surface area (TPSA) is 91.3 Å². The van der Waals surface area contributed by atoms with E-state index in [2.05, 4.69) is 20.9 Å². The quantitative estimate of drug-likeness (QED) is 0.230. The van der Waals surface area contributed by atoms with Gasteiger partial charge < -0.3 is 13.7 Å². The van der Waals surface area contributed by atoms with Gasteiger partial charge in [0.1, 0.15) is 4.90 Å². The highest BCUT2D eigenvalue weighted by molar-refractivity contribution is 9.10. The Morgan fingerprint density at radius 3 is 2.44 bits per heavy atom. The highest BCUT2D eigenvalue weighted by atomic mass is 79.9. The van der Waals surface area contributed by atoms with Crippen molar-refractivity contribution in [3.8, 4) is 11.5 Å². The predicted molar refractivity (Wildman–Crippen MR) is 131 cm³/mol. The molecule has 0 aliphatic carbocycles. The van der Waals surface area contributed by atoms with E-state index in [1.165, 1.54) is 18.2 Å². The van der Waals surface area contributed by atoms with Crippen molar-refractivity contribution in [2.75, 3.05) is 6.61 Å². The summed E-state index contributed by atoms with van der Waals surface area (Å²) in [6.45, 7) is 3.90. The Morgan fingerprint density at radius 2 is 1.76 bits per heavy atom. The van der Waals surface area contributed by atoms with Gasteiger partial charge >= 0.3 is 16.1 Å². The number of aryl methyl sites for hydroxylation is 1. The molecule has 7 nitrogen and oxygen atoms in total. The van der Waals surface area contributed by atoms with Crippen molar-refractivity contribution in [3.63, 3.8) is 0 Å². The van der Waals surface area contributed by atoms with Crippen molar-refractivity contribution in [2.45, 2.75) is 18.7 Å². The minimum Gasteiger partial charge on any atom is -0.490 e. The lowest BCUT2D eigenvalue weighted by atomic mass is 10.1. The number of carbonyl (C=O) groups excluding carboxylic acids is 1. The summed E-state index contributed by atoms with van der Waals surface area (Å²) in [5, 5.41) is 0. The summed E-state index contributed by atoms with van der Waals surface area (Å²) in [5.41, 5.74) is 2.26. The van der Waals surface area contributed by atoms with Gasteiger partial charge in [-0.2, -0.15) is 8.42 Å². The van der Waals surface area contributed by atoms with Gasteiger partial charge in [0.2, 0.25) is 5.90 Å². The van der Waals surface area contributed by atoms with E-state index in [0.29, 0.717) is 15.6 Å². The standard InChI is InChI=1S/C25H20BrNO6S/c1-3-31-22-15-17(14-21-25(28)32-24(27-21)18-7-5-4-6-8-18)13-20(26)23(22)33-34(29,30)19-11-9-16(2)10-12-19/h4-15H,3H2,1-2H3. The van der Waals surface area contributed by atoms with Gasteiger partial charge in [-0.1, -0.05) is 35.9 Å². The number of ether oxygens (including phenoxy) is 2. The molecule has 3 aromatic rings. The van der Waals surface area contributed by atoms with Gasteiger partial charge in [0.25, 0.3) is 0 Å². The third-order valence-electron chi connectivity index (χ3n) is 4.78. The van der Waals surface area contributed by atoms with Crippen LogP contribution in [0.3, 0.4) is 0 Å². The average molecular weight is 542 g/mol. The molecule has 0 saturated heterocycles. The minimum absolute atomic E-state index is 0.00653. The second-order valence-electron chi connectivity index (χ2n) is 7.32. The lowest BCUT2D eigenvalue weighted by Gasteiger charge is -2.14. The van der Waals surface area contributed by atoms with Crippen molar-refractivity contribution in [3.05, 3.63) is 93.6 Å². The molecule has 1 aliphatic rings. The molecule has 34 heavy (non-hydrogen) atoms. The van der Waals surface area contributed by atoms with Crippen LogP contribution in [-0.4, -0.2) is 26.9 Å². The van der Waals surface area contributed by atoms with E-state index < -0.39 is 16.1 Å². The molecule has 3 aromatic carbocycles. The molecule has 0 fully saturated rings. The average Bonchev–Trinajstić information content (AvgIpc) is 3.17. The van der Waals surface area contributed by atoms with E-state index in [4.69, 9.17) is 13.7 Å². The lowest BCUT2D eigenvalue weighted by molar-refractivity contribution is -0.129. The maximum absolute atomic E-state index is 12.8. The van der Waals surface area contributed by atoms with Crippen LogP contribution in [0.5, 0.6) is 11.5 Å². The summed E-state index contributed by atoms with van der Waals surface area (Å²) in [7, 11) is -4.10. The molecule has 0 spiro atoms. The summed E-state index contributed by atoms with van der Waals surface area (Å²) in [5.74, 6) is -0.176. The van der Waals surface area contributed by atoms with Gasteiger partial charge in [0.05, 0.1) is 11.1 Å². The van der Waals surface area contributed by atoms with Crippen molar-refractivity contribution in [1.82, 2.24) is 0 Å². The molecule has 0 amide bonds. The number of hydrogen-bond donors (Lipinski definition) is 0. The highest BCUT2D eigenvalue weighted by Crippen LogP contribution is 2.39. The Morgan fingerprint density at radius 1 is 1.06 bits per heavy atom. The van der Waals surface area contributed by atoms with Gasteiger partial charge in [-0.05, 0) is 77.8 Å². The minimum atomic E-state index is -4.10. The number of rotatable bonds is 7. The molecule has 0 atom stereocenters. The van der Waals surface area contributed by atoms with E-state index in [1.807, 2.05) is 25.1 Å². The van der Waals surface area contributed by atoms with Crippen LogP contribution in [0.2, 0.25) is 0 Å². The third kappa shape index (κ3) is 5.21. The lowest BCUT2D eigenvalue weighted by Crippen LogP contribution is -2.11. The zero-order valence-corrected chi connectivity index (χ0v) is 20.7. The maximum atomic E-state index is 12.8. The van der Waals surface area contributed by atoms with Crippen LogP contribution in [-0.2, 0) is 19.6 Å². The van der Waals surface area contributed by atoms with E-state index in [-0.39, 0.29) is 34.6 Å². The Labute approximate surface area is 206 Å². The van der Waals surface area contributed by atoms with Gasteiger partial charge in [-0.25, -0.2) is 9.79 Å². The number of nitrogens with zero attached hydrogens (tertiary/aromatic N) is 1. The van der Waals surface area contributed by atoms with Crippen molar-refractivity contribution >= 4 is 44.0 Å². The Bertz CT molecular complexity index is 1400. The zero-order chi connectivity index (χ0) is 24.3. The Hall–Kier alpha value is -3.43. The molecular formula is C25H20BrNO6S. The van der Waals surface area contributed by atoms with Crippen LogP contribution >= 0.6 is 15.9 Å². The van der Waals surface area contributed by atoms with Crippen LogP contribution in [0, 0.1) is 6.92 Å². The van der Waals surface area contributed by atoms with Gasteiger partial charge in [0.15, 0.2) is 17.2 Å². The van der Waals surface area contributed by atoms with Crippen LogP contribution in [0.1, 0.15) is 23.6 Å². The fraction of sp³-hybridized carbons (Fsp3) is 0.120. The predicted octanol–water partition coefficient (Wildman–Crippen LogP) is 5.27. The van der Waals surface area contributed by atoms with Crippen molar-refractivity contribution in [2.24, 2.45) is 4.99 Å². The second kappa shape index (κ2) is 9.82. The van der Waals surface area contributed by atoms with Crippen LogP contribution in [0.4, 0.5) is 0 Å². The van der Waals surface area contributed by atoms with Crippen LogP contribution < -0.4 is 8.92 Å². The fourth-order valence-electron chi connectivity index (χ4n) is 3.15. The SMILES string of the molecule is CCOc1cc(C=C2N=C(c3ccccc3)OC2=O)cc(Br)c1OS(=O)(=O)c1ccc(C)cc1. The molecule has 9 heteroatoms. The first-order valence-corrected chi connectivity index (χ1v) is 12.5. The smallest absolute Gasteiger partial charge is 0.363 e. The van der Waals surface area contributed by atoms with E-state index in [0.717, 1.165) is 5.56 Å². The zero-order valence-electron chi connectivity index (χ0n) is 18.3. The summed E-state index contributed by atoms with van der Waals surface area (Å²) in [4.78, 5) is 16.7. The Kier molecular flexibility index (Phi) is 6.85. The number of halogens is 1. The molecule has 0 radical (unpaired) electrons. The molecule has 0 unspecified atom stereocenters. The van der Waals surface area contributed by atoms with E-state index in [1.54, 1.807) is 43.3 Å². The van der Waals surface area contributed by atoms with Crippen molar-refractivity contribution < 1.29 is 26.9 Å². The van der Waals surface area contributed by atoms with Gasteiger partial charge in [0, 0.05) is 5.56 Å². The maximum Gasteiger partial charge on any atom is 0.363 e. The highest BCUT2D eigenvalue weighted by Gasteiger charge is 2.25. The molecule has 0 aromatic heterocycles. The molecule has 0 saturated carbocycles. The number of esters is 1. The van der Waals surface area contributed by atoms with Gasteiger partial charge in [-0.3, -0.25) is 0 Å². The molecule has 0 bridgehead atoms. The molecule has 1 aliphatic heterocycles. The van der Waals surface area contributed by atoms with E-state index >= 15 is 0 Å². The largest absolute Gasteiger partial charge is 0.490 e. The van der Waals surface area contributed by atoms with Crippen LogP contribution in [0.25, 0.3) is 6.08 Å². The summed E-state index contributed by atoms with van der Waals surface area (Å²) in [6, 6.07) is 18.6. The first kappa shape index (κ1) is 23.7. The monoisotopic (exact) mass is 541 g/mol. The van der Waals surface area contributed by atoms with Crippen LogP contribution in [0.15, 0.2) is 86.8 Å². The normalized spacial score (nSPS) is 14.6. The third-order valence-corrected chi connectivity index (χ3v) is 6.60. The summed E-state index contributed by atoms with van der Waals surface area (Å²) in [6.07, 6.45) is 1.53. The number of carbonyl (C=O) groups is 1. The summed E-state index contributed by atoms with van der Waals surface area (Å²) < 4.78 is 42.3. The molecule has 4 rings (SSSR count). The molecule has 1 heterocycles. The second-order valence-corrected chi connectivity index (χ2v) is 9.72. The Balaban J connectivity index is 1.68. The molecule has 0 N–H and O–H groups in total. The molecule has 174 valence electrons. The fourth-order valence-corrected chi connectivity index (χ4v) is 4.75. The van der Waals surface area contributed by atoms with E-state index in [9.17, 15) is 13.2 Å². The number of cyclic esters (lactones) is 1. The molecular weight excluding hydrogens is 522 g/mol. The van der Waals surface area contributed by atoms with Crippen molar-refractivity contribution in [1.29, 1.82) is 0 Å². The number of hydrogen-bond acceptors (Lipinski definition) is 7. The first-order chi connectivity index (χ1) is 16.3. The number of benzene rings is 3. The number of aliphatic imine (C=N–C) groups is 1. The first-order valence-electron chi connectivity index (χ1n) is 10.3. The summed E-state index contributed by atoms with van der Waals surface area (Å²) >= 11 is 3.37.